The number of carbonyl (C=O) groups is 1. The number of methoxy groups -OCH3 is 1. The number of rotatable bonds is 5. The molecule has 1 aliphatic rings. The average molecular weight is 341 g/mol. The fourth-order valence-corrected chi connectivity index (χ4v) is 3.03. The Morgan fingerprint density at radius 1 is 1.48 bits per heavy atom. The third-order valence-electron chi connectivity index (χ3n) is 4.28. The number of carbonyl (C=O) groups excluding carboxylic acids is 1. The zero-order valence-electron chi connectivity index (χ0n) is 13.9. The van der Waals surface area contributed by atoms with Gasteiger partial charge >= 0.3 is 0 Å². The lowest BCUT2D eigenvalue weighted by Crippen LogP contribution is -2.19. The van der Waals surface area contributed by atoms with Crippen LogP contribution in [0.15, 0.2) is 30.5 Å². The average Bonchev–Trinajstić information content (AvgIpc) is 3.35. The molecule has 2 aromatic heterocycles. The molecule has 0 radical (unpaired) electrons. The molecule has 1 saturated heterocycles. The number of aromatic nitrogens is 4. The van der Waals surface area contributed by atoms with E-state index >= 15 is 0 Å². The molecule has 3 heterocycles. The lowest BCUT2D eigenvalue weighted by Gasteiger charge is -2.06. The van der Waals surface area contributed by atoms with Gasteiger partial charge in [0.2, 0.25) is 11.9 Å². The summed E-state index contributed by atoms with van der Waals surface area (Å²) in [5.74, 6) is 1.53. The number of nitrogens with one attached hydrogen (secondary N) is 2. The quantitative estimate of drug-likeness (QED) is 0.742. The van der Waals surface area contributed by atoms with E-state index in [0.29, 0.717) is 5.82 Å². The molecule has 1 amide bonds. The molecule has 1 aromatic carbocycles. The highest BCUT2D eigenvalue weighted by molar-refractivity contribution is 5.90. The molecule has 3 aromatic rings. The zero-order chi connectivity index (χ0) is 17.2. The van der Waals surface area contributed by atoms with E-state index in [4.69, 9.17) is 9.47 Å². The second-order valence-corrected chi connectivity index (χ2v) is 5.96. The Labute approximate surface area is 144 Å². The number of hydrogen-bond acceptors (Lipinski definition) is 5. The van der Waals surface area contributed by atoms with Gasteiger partial charge in [0.1, 0.15) is 18.4 Å². The van der Waals surface area contributed by atoms with Crippen LogP contribution in [-0.2, 0) is 16.1 Å². The van der Waals surface area contributed by atoms with Gasteiger partial charge in [-0.05, 0) is 37.1 Å². The summed E-state index contributed by atoms with van der Waals surface area (Å²) in [4.78, 5) is 16.6. The predicted octanol–water partition coefficient (Wildman–Crippen LogP) is 2.26. The van der Waals surface area contributed by atoms with E-state index < -0.39 is 0 Å². The van der Waals surface area contributed by atoms with Crippen molar-refractivity contribution in [2.75, 3.05) is 19.0 Å². The SMILES string of the molecule is COc1ccc2c(ccn2CC(=O)Nc2n[nH]c(C3CCCO3)n2)c1. The Morgan fingerprint density at radius 3 is 3.20 bits per heavy atom. The van der Waals surface area contributed by atoms with E-state index in [2.05, 4.69) is 20.5 Å². The van der Waals surface area contributed by atoms with E-state index in [9.17, 15) is 4.79 Å². The third-order valence-corrected chi connectivity index (χ3v) is 4.28. The first kappa shape index (κ1) is 15.6. The molecule has 8 heteroatoms. The summed E-state index contributed by atoms with van der Waals surface area (Å²) in [6.07, 6.45) is 3.75. The van der Waals surface area contributed by atoms with Crippen molar-refractivity contribution < 1.29 is 14.3 Å². The number of amides is 1. The number of fused-ring (bicyclic) bond motifs is 1. The Bertz CT molecular complexity index is 895. The number of aromatic amines is 1. The molecule has 1 fully saturated rings. The molecule has 1 aliphatic heterocycles. The summed E-state index contributed by atoms with van der Waals surface area (Å²) >= 11 is 0. The van der Waals surface area contributed by atoms with Gasteiger partial charge in [0.15, 0.2) is 5.82 Å². The molecule has 0 saturated carbocycles. The minimum Gasteiger partial charge on any atom is -0.497 e. The summed E-state index contributed by atoms with van der Waals surface area (Å²) in [5, 5.41) is 10.6. The Balaban J connectivity index is 1.43. The first-order valence-corrected chi connectivity index (χ1v) is 8.19. The molecule has 0 bridgehead atoms. The topological polar surface area (TPSA) is 94.1 Å². The molecule has 8 nitrogen and oxygen atoms in total. The normalized spacial score (nSPS) is 17.1. The first-order chi connectivity index (χ1) is 12.2. The Morgan fingerprint density at radius 2 is 2.40 bits per heavy atom. The van der Waals surface area contributed by atoms with E-state index in [-0.39, 0.29) is 24.5 Å². The number of anilines is 1. The summed E-state index contributed by atoms with van der Waals surface area (Å²) < 4.78 is 12.6. The third kappa shape index (κ3) is 3.20. The van der Waals surface area contributed by atoms with Crippen LogP contribution in [0.4, 0.5) is 5.95 Å². The summed E-state index contributed by atoms with van der Waals surface area (Å²) in [6, 6.07) is 7.70. The standard InChI is InChI=1S/C17H19N5O3/c1-24-12-4-5-13-11(9-12)6-7-22(13)10-15(23)18-17-19-16(20-21-17)14-3-2-8-25-14/h4-7,9,14H,2-3,8,10H2,1H3,(H2,18,19,20,21,23). The molecule has 1 unspecified atom stereocenters. The second kappa shape index (κ2) is 6.56. The summed E-state index contributed by atoms with van der Waals surface area (Å²) in [7, 11) is 1.63. The van der Waals surface area contributed by atoms with Gasteiger partial charge in [-0.25, -0.2) is 0 Å². The molecule has 0 spiro atoms. The molecule has 130 valence electrons. The van der Waals surface area contributed by atoms with Gasteiger partial charge < -0.3 is 14.0 Å². The maximum Gasteiger partial charge on any atom is 0.248 e. The van der Waals surface area contributed by atoms with Crippen molar-refractivity contribution in [3.63, 3.8) is 0 Å². The fraction of sp³-hybridized carbons (Fsp3) is 0.353. The fourth-order valence-electron chi connectivity index (χ4n) is 3.03. The number of H-pyrrole nitrogens is 1. The van der Waals surface area contributed by atoms with Crippen molar-refractivity contribution >= 4 is 22.8 Å². The molecule has 0 aliphatic carbocycles. The van der Waals surface area contributed by atoms with Crippen molar-refractivity contribution in [1.29, 1.82) is 0 Å². The van der Waals surface area contributed by atoms with Crippen molar-refractivity contribution in [1.82, 2.24) is 19.7 Å². The van der Waals surface area contributed by atoms with Crippen LogP contribution < -0.4 is 10.1 Å². The van der Waals surface area contributed by atoms with Crippen molar-refractivity contribution in [2.45, 2.75) is 25.5 Å². The molecule has 4 rings (SSSR count). The second-order valence-electron chi connectivity index (χ2n) is 5.96. The van der Waals surface area contributed by atoms with Crippen LogP contribution in [0.25, 0.3) is 10.9 Å². The van der Waals surface area contributed by atoms with Gasteiger partial charge in [0.25, 0.3) is 0 Å². The van der Waals surface area contributed by atoms with Crippen LogP contribution in [0.1, 0.15) is 24.8 Å². The van der Waals surface area contributed by atoms with Crippen molar-refractivity contribution in [2.24, 2.45) is 0 Å². The largest absolute Gasteiger partial charge is 0.497 e. The van der Waals surface area contributed by atoms with Gasteiger partial charge in [0, 0.05) is 23.7 Å². The van der Waals surface area contributed by atoms with Crippen LogP contribution in [0.2, 0.25) is 0 Å². The lowest BCUT2D eigenvalue weighted by atomic mass is 10.2. The highest BCUT2D eigenvalue weighted by Gasteiger charge is 2.21. The minimum absolute atomic E-state index is 0.0541. The molecule has 25 heavy (non-hydrogen) atoms. The molecule has 2 N–H and O–H groups in total. The molecular formula is C17H19N5O3. The van der Waals surface area contributed by atoms with Crippen LogP contribution in [0.3, 0.4) is 0 Å². The number of hydrogen-bond donors (Lipinski definition) is 2. The van der Waals surface area contributed by atoms with Gasteiger partial charge in [-0.1, -0.05) is 0 Å². The van der Waals surface area contributed by atoms with E-state index in [1.165, 1.54) is 0 Å². The van der Waals surface area contributed by atoms with Gasteiger partial charge in [-0.3, -0.25) is 15.2 Å². The number of benzene rings is 1. The first-order valence-electron chi connectivity index (χ1n) is 8.19. The number of ether oxygens (including phenoxy) is 2. The molecular weight excluding hydrogens is 322 g/mol. The summed E-state index contributed by atoms with van der Waals surface area (Å²) in [5.41, 5.74) is 0.964. The highest BCUT2D eigenvalue weighted by Crippen LogP contribution is 2.26. The van der Waals surface area contributed by atoms with Gasteiger partial charge in [-0.2, -0.15) is 4.98 Å². The van der Waals surface area contributed by atoms with Crippen molar-refractivity contribution in [3.05, 3.63) is 36.3 Å². The maximum absolute atomic E-state index is 12.3. The molecule has 1 atom stereocenters. The predicted molar refractivity (Wildman–Crippen MR) is 91.4 cm³/mol. The van der Waals surface area contributed by atoms with Gasteiger partial charge in [0.05, 0.1) is 7.11 Å². The smallest absolute Gasteiger partial charge is 0.248 e. The van der Waals surface area contributed by atoms with E-state index in [0.717, 1.165) is 36.1 Å². The van der Waals surface area contributed by atoms with Gasteiger partial charge in [-0.15, -0.1) is 5.10 Å². The summed E-state index contributed by atoms with van der Waals surface area (Å²) in [6.45, 7) is 0.915. The van der Waals surface area contributed by atoms with Crippen LogP contribution in [-0.4, -0.2) is 39.4 Å². The minimum atomic E-state index is -0.189. The highest BCUT2D eigenvalue weighted by atomic mass is 16.5. The zero-order valence-corrected chi connectivity index (χ0v) is 13.9. The van der Waals surface area contributed by atoms with Crippen LogP contribution in [0.5, 0.6) is 5.75 Å². The maximum atomic E-state index is 12.3. The van der Waals surface area contributed by atoms with E-state index in [1.807, 2.05) is 35.0 Å². The van der Waals surface area contributed by atoms with E-state index in [1.54, 1.807) is 7.11 Å². The number of nitrogens with zero attached hydrogens (tertiary/aromatic N) is 3. The van der Waals surface area contributed by atoms with Crippen LogP contribution >= 0.6 is 0 Å². The van der Waals surface area contributed by atoms with Crippen LogP contribution in [0, 0.1) is 0 Å². The monoisotopic (exact) mass is 341 g/mol. The lowest BCUT2D eigenvalue weighted by molar-refractivity contribution is -0.116. The Hall–Kier alpha value is -2.87. The Kier molecular flexibility index (Phi) is 4.10. The van der Waals surface area contributed by atoms with Crippen molar-refractivity contribution in [3.8, 4) is 5.75 Å².